The molecule has 1 amide bonds. The predicted molar refractivity (Wildman–Crippen MR) is 83.7 cm³/mol. The number of carboxylic acid groups (broad SMARTS) is 1. The minimum atomic E-state index is -1.19. The van der Waals surface area contributed by atoms with Crippen LogP contribution in [0, 0.1) is 0 Å². The van der Waals surface area contributed by atoms with Crippen LogP contribution in [0.5, 0.6) is 5.75 Å². The minimum absolute atomic E-state index is 0.255. The summed E-state index contributed by atoms with van der Waals surface area (Å²) in [6.45, 7) is 4.82. The maximum absolute atomic E-state index is 11.7. The van der Waals surface area contributed by atoms with E-state index < -0.39 is 18.4 Å². The van der Waals surface area contributed by atoms with Crippen molar-refractivity contribution in [2.75, 3.05) is 6.54 Å². The Hall–Kier alpha value is -2.60. The Morgan fingerprint density at radius 3 is 2.68 bits per heavy atom. The van der Waals surface area contributed by atoms with Crippen molar-refractivity contribution in [2.45, 2.75) is 6.92 Å². The van der Waals surface area contributed by atoms with Gasteiger partial charge < -0.3 is 15.5 Å². The monoisotopic (exact) mass is 322 g/mol. The number of amides is 1. The van der Waals surface area contributed by atoms with Gasteiger partial charge in [0.05, 0.1) is 0 Å². The number of halogens is 1. The molecular weight excluding hydrogens is 308 g/mol. The van der Waals surface area contributed by atoms with Crippen molar-refractivity contribution < 1.29 is 19.8 Å². The van der Waals surface area contributed by atoms with Crippen LogP contribution in [0.1, 0.15) is 23.0 Å². The quantitative estimate of drug-likeness (QED) is 0.698. The fraction of sp³-hybridized carbons (Fsp3) is 0.133. The number of allylic oxidation sites excluding steroid dienone is 5. The van der Waals surface area contributed by atoms with E-state index in [0.717, 1.165) is 0 Å². The van der Waals surface area contributed by atoms with E-state index in [1.165, 1.54) is 12.3 Å². The lowest BCUT2D eigenvalue weighted by Crippen LogP contribution is -2.29. The second-order valence-electron chi connectivity index (χ2n) is 4.21. The van der Waals surface area contributed by atoms with Gasteiger partial charge in [-0.25, -0.2) is 4.98 Å². The van der Waals surface area contributed by atoms with E-state index >= 15 is 0 Å². The molecular formula is C15H15ClN2O4. The number of hydrogen-bond acceptors (Lipinski definition) is 4. The molecule has 0 bridgehead atoms. The SMILES string of the molecule is C=C(Cl)/C=C(\C=C/C)c1cnc(C(=O)NCC(=O)O)c(O)c1. The fourth-order valence-electron chi connectivity index (χ4n) is 1.60. The molecule has 0 unspecified atom stereocenters. The van der Waals surface area contributed by atoms with Gasteiger partial charge in [-0.3, -0.25) is 9.59 Å². The highest BCUT2D eigenvalue weighted by molar-refractivity contribution is 6.31. The molecule has 116 valence electrons. The lowest BCUT2D eigenvalue weighted by atomic mass is 10.1. The number of carbonyl (C=O) groups is 2. The Morgan fingerprint density at radius 2 is 2.18 bits per heavy atom. The Balaban J connectivity index is 3.09. The lowest BCUT2D eigenvalue weighted by molar-refractivity contribution is -0.135. The van der Waals surface area contributed by atoms with Crippen molar-refractivity contribution in [1.82, 2.24) is 10.3 Å². The van der Waals surface area contributed by atoms with E-state index in [2.05, 4.69) is 16.9 Å². The molecule has 0 fully saturated rings. The van der Waals surface area contributed by atoms with Crippen LogP contribution >= 0.6 is 11.6 Å². The van der Waals surface area contributed by atoms with Crippen LogP contribution in [-0.2, 0) is 4.79 Å². The number of carbonyl (C=O) groups excluding carboxylic acids is 1. The number of rotatable bonds is 6. The molecule has 1 heterocycles. The van der Waals surface area contributed by atoms with E-state index in [1.807, 2.05) is 6.92 Å². The number of aromatic hydroxyl groups is 1. The molecule has 0 saturated carbocycles. The highest BCUT2D eigenvalue weighted by Crippen LogP contribution is 2.24. The summed E-state index contributed by atoms with van der Waals surface area (Å²) < 4.78 is 0. The molecule has 0 aliphatic rings. The fourth-order valence-corrected chi connectivity index (χ4v) is 1.72. The van der Waals surface area contributed by atoms with E-state index in [9.17, 15) is 14.7 Å². The third-order valence-electron chi connectivity index (χ3n) is 2.47. The van der Waals surface area contributed by atoms with Gasteiger partial charge in [-0.2, -0.15) is 0 Å². The van der Waals surface area contributed by atoms with Gasteiger partial charge in [0.2, 0.25) is 0 Å². The first-order valence-electron chi connectivity index (χ1n) is 6.23. The summed E-state index contributed by atoms with van der Waals surface area (Å²) in [7, 11) is 0. The lowest BCUT2D eigenvalue weighted by Gasteiger charge is -2.07. The van der Waals surface area contributed by atoms with Gasteiger partial charge in [0.25, 0.3) is 5.91 Å². The molecule has 1 rings (SSSR count). The summed E-state index contributed by atoms with van der Waals surface area (Å²) >= 11 is 5.74. The van der Waals surface area contributed by atoms with E-state index in [1.54, 1.807) is 18.2 Å². The molecule has 0 radical (unpaired) electrons. The number of pyridine rings is 1. The molecule has 0 saturated heterocycles. The summed E-state index contributed by atoms with van der Waals surface area (Å²) in [5.74, 6) is -2.33. The van der Waals surface area contributed by atoms with Crippen molar-refractivity contribution in [3.8, 4) is 5.75 Å². The molecule has 0 aliphatic heterocycles. The van der Waals surface area contributed by atoms with Gasteiger partial charge in [0.15, 0.2) is 5.69 Å². The van der Waals surface area contributed by atoms with Gasteiger partial charge in [-0.05, 0) is 24.6 Å². The van der Waals surface area contributed by atoms with Crippen LogP contribution in [-0.4, -0.2) is 33.6 Å². The Bertz CT molecular complexity index is 666. The summed E-state index contributed by atoms with van der Waals surface area (Å²) in [5.41, 5.74) is 0.935. The molecule has 1 aromatic rings. The first-order chi connectivity index (χ1) is 10.3. The first-order valence-corrected chi connectivity index (χ1v) is 6.61. The van der Waals surface area contributed by atoms with Crippen molar-refractivity contribution in [3.05, 3.63) is 53.4 Å². The molecule has 3 N–H and O–H groups in total. The van der Waals surface area contributed by atoms with Crippen molar-refractivity contribution in [3.63, 3.8) is 0 Å². The highest BCUT2D eigenvalue weighted by atomic mass is 35.5. The van der Waals surface area contributed by atoms with Crippen molar-refractivity contribution in [1.29, 1.82) is 0 Å². The second-order valence-corrected chi connectivity index (χ2v) is 4.70. The van der Waals surface area contributed by atoms with Gasteiger partial charge >= 0.3 is 5.97 Å². The van der Waals surface area contributed by atoms with Crippen molar-refractivity contribution >= 4 is 29.1 Å². The summed E-state index contributed by atoms with van der Waals surface area (Å²) in [6.07, 6.45) is 6.48. The molecule has 0 aliphatic carbocycles. The molecule has 0 aromatic carbocycles. The number of aliphatic carboxylic acids is 1. The number of carboxylic acids is 1. The smallest absolute Gasteiger partial charge is 0.322 e. The van der Waals surface area contributed by atoms with E-state index in [-0.39, 0.29) is 11.4 Å². The zero-order valence-corrected chi connectivity index (χ0v) is 12.6. The van der Waals surface area contributed by atoms with E-state index in [0.29, 0.717) is 16.2 Å². The van der Waals surface area contributed by atoms with Crippen LogP contribution in [0.4, 0.5) is 0 Å². The predicted octanol–water partition coefficient (Wildman–Crippen LogP) is 2.31. The standard InChI is InChI=1S/C15H15ClN2O4/c1-3-4-10(5-9(2)16)11-6-12(19)14(17-7-11)15(22)18-8-13(20)21/h3-7,19H,2,8H2,1H3,(H,18,22)(H,20,21)/b4-3-,10-5+. The summed E-state index contributed by atoms with van der Waals surface area (Å²) in [6, 6.07) is 1.34. The number of nitrogens with one attached hydrogen (secondary N) is 1. The zero-order chi connectivity index (χ0) is 16.7. The number of aromatic nitrogens is 1. The largest absolute Gasteiger partial charge is 0.505 e. The average Bonchev–Trinajstić information content (AvgIpc) is 2.43. The van der Waals surface area contributed by atoms with Crippen LogP contribution in [0.25, 0.3) is 5.57 Å². The molecule has 1 aromatic heterocycles. The minimum Gasteiger partial charge on any atom is -0.505 e. The van der Waals surface area contributed by atoms with Crippen LogP contribution in [0.2, 0.25) is 0 Å². The van der Waals surface area contributed by atoms with Gasteiger partial charge in [0.1, 0.15) is 12.3 Å². The second kappa shape index (κ2) is 7.99. The van der Waals surface area contributed by atoms with Crippen LogP contribution < -0.4 is 5.32 Å². The van der Waals surface area contributed by atoms with Gasteiger partial charge in [-0.1, -0.05) is 30.3 Å². The van der Waals surface area contributed by atoms with Crippen molar-refractivity contribution in [2.24, 2.45) is 0 Å². The maximum Gasteiger partial charge on any atom is 0.322 e. The molecule has 0 atom stereocenters. The Labute approximate surface area is 132 Å². The topological polar surface area (TPSA) is 99.5 Å². The normalized spacial score (nSPS) is 11.5. The summed E-state index contributed by atoms with van der Waals surface area (Å²) in [5, 5.41) is 20.8. The Morgan fingerprint density at radius 1 is 1.50 bits per heavy atom. The maximum atomic E-state index is 11.7. The Kier molecular flexibility index (Phi) is 6.34. The highest BCUT2D eigenvalue weighted by Gasteiger charge is 2.15. The van der Waals surface area contributed by atoms with E-state index in [4.69, 9.17) is 16.7 Å². The molecule has 0 spiro atoms. The third-order valence-corrected chi connectivity index (χ3v) is 2.58. The van der Waals surface area contributed by atoms with Crippen LogP contribution in [0.3, 0.4) is 0 Å². The van der Waals surface area contributed by atoms with Crippen LogP contribution in [0.15, 0.2) is 42.1 Å². The molecule has 6 nitrogen and oxygen atoms in total. The number of hydrogen-bond donors (Lipinski definition) is 3. The molecule has 22 heavy (non-hydrogen) atoms. The van der Waals surface area contributed by atoms with Gasteiger partial charge in [0, 0.05) is 16.8 Å². The number of nitrogens with zero attached hydrogens (tertiary/aromatic N) is 1. The molecule has 7 heteroatoms. The zero-order valence-electron chi connectivity index (χ0n) is 11.8. The van der Waals surface area contributed by atoms with Gasteiger partial charge in [-0.15, -0.1) is 0 Å². The first kappa shape index (κ1) is 17.5. The average molecular weight is 323 g/mol. The summed E-state index contributed by atoms with van der Waals surface area (Å²) in [4.78, 5) is 26.0. The third kappa shape index (κ3) is 5.06.